The van der Waals surface area contributed by atoms with Crippen LogP contribution in [0.4, 0.5) is 13.2 Å². The first-order chi connectivity index (χ1) is 6.46. The number of nitrogens with one attached hydrogen (secondary N) is 1. The fourth-order valence-electron chi connectivity index (χ4n) is 1.09. The molecule has 0 fully saturated rings. The van der Waals surface area contributed by atoms with Crippen molar-refractivity contribution >= 4 is 0 Å². The summed E-state index contributed by atoms with van der Waals surface area (Å²) in [6, 6.07) is 2.21. The summed E-state index contributed by atoms with van der Waals surface area (Å²) in [7, 11) is 0. The molecule has 0 aromatic carbocycles. The first kappa shape index (κ1) is 10.9. The van der Waals surface area contributed by atoms with E-state index in [0.717, 1.165) is 6.20 Å². The minimum Gasteiger partial charge on any atom is -0.271 e. The van der Waals surface area contributed by atoms with Gasteiger partial charge in [0.15, 0.2) is 0 Å². The predicted molar refractivity (Wildman–Crippen MR) is 45.0 cm³/mol. The number of aromatic nitrogens is 1. The zero-order valence-electron chi connectivity index (χ0n) is 7.47. The molecule has 3 nitrogen and oxygen atoms in total. The van der Waals surface area contributed by atoms with Gasteiger partial charge in [-0.15, -0.1) is 0 Å². The zero-order valence-corrected chi connectivity index (χ0v) is 7.47. The molecule has 1 atom stereocenters. The predicted octanol–water partition coefficient (Wildman–Crippen LogP) is 1.62. The maximum absolute atomic E-state index is 12.4. The number of hydrazine groups is 1. The molecule has 0 saturated carbocycles. The quantitative estimate of drug-likeness (QED) is 0.569. The van der Waals surface area contributed by atoms with Crippen molar-refractivity contribution in [1.29, 1.82) is 0 Å². The van der Waals surface area contributed by atoms with Crippen molar-refractivity contribution in [2.45, 2.75) is 19.1 Å². The van der Waals surface area contributed by atoms with Crippen LogP contribution in [0, 0.1) is 0 Å². The van der Waals surface area contributed by atoms with Gasteiger partial charge in [-0.25, -0.2) is 0 Å². The summed E-state index contributed by atoms with van der Waals surface area (Å²) in [4.78, 5) is 3.30. The maximum Gasteiger partial charge on any atom is 0.433 e. The van der Waals surface area contributed by atoms with Crippen molar-refractivity contribution in [3.8, 4) is 0 Å². The molecule has 1 rings (SSSR count). The lowest BCUT2D eigenvalue weighted by molar-refractivity contribution is -0.142. The van der Waals surface area contributed by atoms with E-state index < -0.39 is 17.9 Å². The molecule has 78 valence electrons. The number of nitrogens with two attached hydrogens (primary N) is 1. The Balaban J connectivity index is 3.16. The molecule has 0 aliphatic carbocycles. The number of hydrogen-bond donors (Lipinski definition) is 2. The lowest BCUT2D eigenvalue weighted by Gasteiger charge is -2.15. The summed E-state index contributed by atoms with van der Waals surface area (Å²) in [6.07, 6.45) is -3.34. The number of halogens is 3. The number of nitrogens with zero attached hydrogens (tertiary/aromatic N) is 1. The van der Waals surface area contributed by atoms with E-state index >= 15 is 0 Å². The molecular weight excluding hydrogens is 195 g/mol. The van der Waals surface area contributed by atoms with Crippen molar-refractivity contribution < 1.29 is 13.2 Å². The third kappa shape index (κ3) is 2.21. The maximum atomic E-state index is 12.4. The van der Waals surface area contributed by atoms with Crippen LogP contribution in [0.1, 0.15) is 24.2 Å². The van der Waals surface area contributed by atoms with Gasteiger partial charge < -0.3 is 0 Å². The third-order valence-corrected chi connectivity index (χ3v) is 1.82. The van der Waals surface area contributed by atoms with Gasteiger partial charge in [-0.2, -0.15) is 13.2 Å². The second-order valence-electron chi connectivity index (χ2n) is 2.83. The van der Waals surface area contributed by atoms with E-state index in [1.54, 1.807) is 0 Å². The molecule has 1 aromatic heterocycles. The molecule has 0 amide bonds. The van der Waals surface area contributed by atoms with Gasteiger partial charge in [0.2, 0.25) is 0 Å². The third-order valence-electron chi connectivity index (χ3n) is 1.82. The summed E-state index contributed by atoms with van der Waals surface area (Å²) in [5, 5.41) is 0. The number of hydrogen-bond acceptors (Lipinski definition) is 3. The second-order valence-corrected chi connectivity index (χ2v) is 2.83. The Bertz CT molecular complexity index is 311. The average molecular weight is 205 g/mol. The van der Waals surface area contributed by atoms with Crippen molar-refractivity contribution in [1.82, 2.24) is 10.4 Å². The van der Waals surface area contributed by atoms with E-state index in [9.17, 15) is 13.2 Å². The van der Waals surface area contributed by atoms with Gasteiger partial charge in [0.05, 0.1) is 0 Å². The fraction of sp³-hybridized carbons (Fsp3) is 0.375. The molecule has 0 saturated heterocycles. The van der Waals surface area contributed by atoms with Gasteiger partial charge in [-0.3, -0.25) is 16.3 Å². The van der Waals surface area contributed by atoms with Crippen molar-refractivity contribution in [3.63, 3.8) is 0 Å². The molecule has 14 heavy (non-hydrogen) atoms. The van der Waals surface area contributed by atoms with E-state index in [2.05, 4.69) is 10.4 Å². The van der Waals surface area contributed by atoms with E-state index in [0.29, 0.717) is 0 Å². The van der Waals surface area contributed by atoms with Crippen molar-refractivity contribution in [2.75, 3.05) is 0 Å². The normalized spacial score (nSPS) is 14.1. The Morgan fingerprint density at radius 1 is 1.50 bits per heavy atom. The summed E-state index contributed by atoms with van der Waals surface area (Å²) in [5.74, 6) is 5.07. The van der Waals surface area contributed by atoms with Crippen LogP contribution in [0.2, 0.25) is 0 Å². The standard InChI is InChI=1S/C8H10F3N3/c1-5(14-12)6-3-2-4-13-7(6)8(9,10)11/h2-5,14H,12H2,1H3. The first-order valence-corrected chi connectivity index (χ1v) is 3.95. The van der Waals surface area contributed by atoms with Crippen LogP contribution in [0.5, 0.6) is 0 Å². The van der Waals surface area contributed by atoms with Gasteiger partial charge in [-0.05, 0) is 13.0 Å². The Kier molecular flexibility index (Phi) is 3.07. The van der Waals surface area contributed by atoms with E-state index in [4.69, 9.17) is 5.84 Å². The smallest absolute Gasteiger partial charge is 0.271 e. The van der Waals surface area contributed by atoms with E-state index in [-0.39, 0.29) is 5.56 Å². The van der Waals surface area contributed by atoms with Crippen molar-refractivity contribution in [2.24, 2.45) is 5.84 Å². The van der Waals surface area contributed by atoms with Gasteiger partial charge in [0.25, 0.3) is 0 Å². The molecule has 0 radical (unpaired) electrons. The SMILES string of the molecule is CC(NN)c1cccnc1C(F)(F)F. The highest BCUT2D eigenvalue weighted by Gasteiger charge is 2.35. The average Bonchev–Trinajstić information content (AvgIpc) is 2.15. The fourth-order valence-corrected chi connectivity index (χ4v) is 1.09. The summed E-state index contributed by atoms with van der Waals surface area (Å²) in [5.41, 5.74) is 1.40. The van der Waals surface area contributed by atoms with Crippen LogP contribution in [-0.2, 0) is 6.18 Å². The Labute approximate surface area is 79.1 Å². The van der Waals surface area contributed by atoms with Crippen LogP contribution in [0.3, 0.4) is 0 Å². The van der Waals surface area contributed by atoms with Gasteiger partial charge in [-0.1, -0.05) is 6.07 Å². The molecule has 0 bridgehead atoms. The van der Waals surface area contributed by atoms with Crippen LogP contribution >= 0.6 is 0 Å². The second kappa shape index (κ2) is 3.93. The van der Waals surface area contributed by atoms with E-state index in [1.165, 1.54) is 19.1 Å². The van der Waals surface area contributed by atoms with Crippen LogP contribution in [0.25, 0.3) is 0 Å². The monoisotopic (exact) mass is 205 g/mol. The molecular formula is C8H10F3N3. The molecule has 6 heteroatoms. The molecule has 1 unspecified atom stereocenters. The Hall–Kier alpha value is -1.14. The molecule has 0 aliphatic heterocycles. The molecule has 3 N–H and O–H groups in total. The van der Waals surface area contributed by atoms with Gasteiger partial charge in [0.1, 0.15) is 5.69 Å². The first-order valence-electron chi connectivity index (χ1n) is 3.95. The highest BCUT2D eigenvalue weighted by Crippen LogP contribution is 2.32. The lowest BCUT2D eigenvalue weighted by atomic mass is 10.1. The van der Waals surface area contributed by atoms with Gasteiger partial charge >= 0.3 is 6.18 Å². The van der Waals surface area contributed by atoms with Crippen LogP contribution < -0.4 is 11.3 Å². The van der Waals surface area contributed by atoms with Crippen LogP contribution in [-0.4, -0.2) is 4.98 Å². The summed E-state index contributed by atoms with van der Waals surface area (Å²) >= 11 is 0. The Morgan fingerprint density at radius 3 is 2.64 bits per heavy atom. The summed E-state index contributed by atoms with van der Waals surface area (Å²) < 4.78 is 37.2. The minimum atomic E-state index is -4.44. The van der Waals surface area contributed by atoms with E-state index in [1.807, 2.05) is 0 Å². The van der Waals surface area contributed by atoms with Crippen molar-refractivity contribution in [3.05, 3.63) is 29.6 Å². The lowest BCUT2D eigenvalue weighted by Crippen LogP contribution is -2.28. The minimum absolute atomic E-state index is 0.0440. The van der Waals surface area contributed by atoms with Crippen LogP contribution in [0.15, 0.2) is 18.3 Å². The number of alkyl halides is 3. The largest absolute Gasteiger partial charge is 0.433 e. The highest BCUT2D eigenvalue weighted by atomic mass is 19.4. The highest BCUT2D eigenvalue weighted by molar-refractivity contribution is 5.25. The Morgan fingerprint density at radius 2 is 2.14 bits per heavy atom. The molecule has 0 spiro atoms. The topological polar surface area (TPSA) is 50.9 Å². The number of pyridine rings is 1. The molecule has 1 heterocycles. The van der Waals surface area contributed by atoms with Gasteiger partial charge in [0, 0.05) is 17.8 Å². The zero-order chi connectivity index (χ0) is 10.8. The number of rotatable bonds is 2. The molecule has 0 aliphatic rings. The molecule has 1 aromatic rings. The summed E-state index contributed by atoms with van der Waals surface area (Å²) in [6.45, 7) is 1.53.